The first kappa shape index (κ1) is 30.6. The number of ether oxygens (including phenoxy) is 1. The molecule has 0 bridgehead atoms. The summed E-state index contributed by atoms with van der Waals surface area (Å²) in [6.45, 7) is 2.10. The number of hydrogen-bond donors (Lipinski definition) is 3. The lowest BCUT2D eigenvalue weighted by molar-refractivity contribution is -0.134. The number of carboxylic acids is 1. The van der Waals surface area contributed by atoms with Crippen LogP contribution in [0.4, 0.5) is 20.6 Å². The zero-order valence-electron chi connectivity index (χ0n) is 23.9. The highest BCUT2D eigenvalue weighted by Crippen LogP contribution is 2.37. The molecule has 5 rings (SSSR count). The van der Waals surface area contributed by atoms with E-state index in [0.717, 1.165) is 11.1 Å². The largest absolute Gasteiger partial charge is 0.491 e. The maximum Gasteiger partial charge on any atom is 0.335 e. The van der Waals surface area contributed by atoms with Crippen LogP contribution in [0.3, 0.4) is 0 Å². The average Bonchev–Trinajstić information content (AvgIpc) is 3.43. The molecule has 1 aliphatic rings. The molecule has 2 atom stereocenters. The monoisotopic (exact) mass is 615 g/mol. The first-order valence-corrected chi connectivity index (χ1v) is 14.5. The minimum absolute atomic E-state index is 0.0525. The Morgan fingerprint density at radius 1 is 0.932 bits per heavy atom. The normalized spacial score (nSPS) is 15.9. The number of para-hydroxylation sites is 1. The number of likely N-dealkylation sites (tertiary alicyclic amines) is 1. The summed E-state index contributed by atoms with van der Waals surface area (Å²) in [4.78, 5) is 39.3. The lowest BCUT2D eigenvalue weighted by Gasteiger charge is -2.31. The van der Waals surface area contributed by atoms with Gasteiger partial charge in [0.2, 0.25) is 5.91 Å². The van der Waals surface area contributed by atoms with E-state index in [-0.39, 0.29) is 47.4 Å². The Balaban J connectivity index is 1.29. The van der Waals surface area contributed by atoms with Gasteiger partial charge in [-0.2, -0.15) is 0 Å². The molecule has 10 heteroatoms. The van der Waals surface area contributed by atoms with Gasteiger partial charge in [0, 0.05) is 5.69 Å². The second-order valence-corrected chi connectivity index (χ2v) is 11.0. The molecule has 1 saturated heterocycles. The van der Waals surface area contributed by atoms with Gasteiger partial charge in [-0.3, -0.25) is 4.79 Å². The maximum absolute atomic E-state index is 13.8. The summed E-state index contributed by atoms with van der Waals surface area (Å²) in [6, 6.07) is 23.7. The van der Waals surface area contributed by atoms with Crippen molar-refractivity contribution in [3.63, 3.8) is 0 Å². The van der Waals surface area contributed by atoms with Crippen LogP contribution in [0.1, 0.15) is 45.9 Å². The molecule has 0 saturated carbocycles. The number of nitrogens with zero attached hydrogens (tertiary/aromatic N) is 1. The van der Waals surface area contributed by atoms with E-state index in [1.165, 1.54) is 24.3 Å². The number of hydrogen-bond acceptors (Lipinski definition) is 4. The Hall–Kier alpha value is -4.89. The molecule has 1 fully saturated rings. The van der Waals surface area contributed by atoms with Crippen LogP contribution >= 0.6 is 11.6 Å². The number of urea groups is 1. The van der Waals surface area contributed by atoms with Crippen molar-refractivity contribution in [2.75, 3.05) is 17.2 Å². The number of amides is 3. The van der Waals surface area contributed by atoms with Crippen LogP contribution in [0.5, 0.6) is 5.75 Å². The predicted molar refractivity (Wildman–Crippen MR) is 167 cm³/mol. The molecule has 1 heterocycles. The van der Waals surface area contributed by atoms with Gasteiger partial charge in [-0.1, -0.05) is 48.0 Å². The second-order valence-electron chi connectivity index (χ2n) is 10.6. The molecule has 3 amide bonds. The average molecular weight is 616 g/mol. The van der Waals surface area contributed by atoms with E-state index in [4.69, 9.17) is 21.4 Å². The lowest BCUT2D eigenvalue weighted by atomic mass is 10.0. The van der Waals surface area contributed by atoms with E-state index < -0.39 is 12.0 Å². The summed E-state index contributed by atoms with van der Waals surface area (Å²) in [5.41, 5.74) is 3.64. The van der Waals surface area contributed by atoms with Gasteiger partial charge in [0.05, 0.1) is 34.8 Å². The van der Waals surface area contributed by atoms with Crippen LogP contribution in [0.2, 0.25) is 5.02 Å². The van der Waals surface area contributed by atoms with Crippen molar-refractivity contribution < 1.29 is 28.6 Å². The molecule has 0 aromatic heterocycles. The van der Waals surface area contributed by atoms with E-state index >= 15 is 0 Å². The number of halogens is 2. The molecular weight excluding hydrogens is 585 g/mol. The van der Waals surface area contributed by atoms with Crippen LogP contribution in [0, 0.1) is 12.7 Å². The SMILES string of the molecule is Cc1ccccc1NC(=O)Nc1ccc(CC(=O)N2C(COc3ccc(C(=O)O)cc3)CCC2c2ccc(F)cc2)cc1Cl. The first-order chi connectivity index (χ1) is 21.2. The molecule has 1 aliphatic heterocycles. The molecule has 226 valence electrons. The fraction of sp³-hybridized carbons (Fsp3) is 0.206. The summed E-state index contributed by atoms with van der Waals surface area (Å²) >= 11 is 6.51. The Bertz CT molecular complexity index is 1660. The van der Waals surface area contributed by atoms with Crippen LogP contribution in [-0.4, -0.2) is 40.6 Å². The minimum atomic E-state index is -1.03. The van der Waals surface area contributed by atoms with Gasteiger partial charge in [-0.05, 0) is 91.1 Å². The number of carboxylic acid groups (broad SMARTS) is 1. The Morgan fingerprint density at radius 2 is 1.64 bits per heavy atom. The molecular formula is C34H31ClFN3O5. The molecule has 4 aromatic rings. The van der Waals surface area contributed by atoms with Gasteiger partial charge < -0.3 is 25.4 Å². The lowest BCUT2D eigenvalue weighted by Crippen LogP contribution is -2.41. The molecule has 3 N–H and O–H groups in total. The number of carbonyl (C=O) groups is 3. The van der Waals surface area contributed by atoms with Gasteiger partial charge >= 0.3 is 12.0 Å². The van der Waals surface area contributed by atoms with E-state index in [9.17, 15) is 18.8 Å². The molecule has 44 heavy (non-hydrogen) atoms. The molecule has 2 unspecified atom stereocenters. The second kappa shape index (κ2) is 13.6. The Labute approximate surface area is 259 Å². The van der Waals surface area contributed by atoms with Gasteiger partial charge in [-0.25, -0.2) is 14.0 Å². The zero-order chi connectivity index (χ0) is 31.2. The number of anilines is 2. The smallest absolute Gasteiger partial charge is 0.335 e. The number of benzene rings is 4. The van der Waals surface area contributed by atoms with Crippen LogP contribution in [0.25, 0.3) is 0 Å². The van der Waals surface area contributed by atoms with Crippen molar-refractivity contribution in [3.8, 4) is 5.75 Å². The van der Waals surface area contributed by atoms with Crippen LogP contribution in [-0.2, 0) is 11.2 Å². The van der Waals surface area contributed by atoms with Crippen molar-refractivity contribution in [1.82, 2.24) is 4.90 Å². The van der Waals surface area contributed by atoms with Crippen LogP contribution in [0.15, 0.2) is 91.0 Å². The standard InChI is InChI=1S/C34H31ClFN3O5/c1-21-4-2-3-5-29(21)37-34(43)38-30-16-6-22(18-28(30)35)19-32(40)39-26(13-17-31(39)23-7-11-25(36)12-8-23)20-44-27-14-9-24(10-15-27)33(41)42/h2-12,14-16,18,26,31H,13,17,19-20H2,1H3,(H,41,42)(H2,37,38,43). The number of aryl methyl sites for hydroxylation is 1. The van der Waals surface area contributed by atoms with E-state index in [0.29, 0.717) is 35.5 Å². The molecule has 0 radical (unpaired) electrons. The molecule has 8 nitrogen and oxygen atoms in total. The fourth-order valence-electron chi connectivity index (χ4n) is 5.35. The van der Waals surface area contributed by atoms with Crippen molar-refractivity contribution in [1.29, 1.82) is 0 Å². The molecule has 0 aliphatic carbocycles. The van der Waals surface area contributed by atoms with Crippen molar-refractivity contribution >= 4 is 40.9 Å². The van der Waals surface area contributed by atoms with Gasteiger partial charge in [0.25, 0.3) is 0 Å². The number of aromatic carboxylic acids is 1. The Morgan fingerprint density at radius 3 is 2.32 bits per heavy atom. The number of rotatable bonds is 9. The minimum Gasteiger partial charge on any atom is -0.491 e. The summed E-state index contributed by atoms with van der Waals surface area (Å²) in [5.74, 6) is -1.04. The van der Waals surface area contributed by atoms with E-state index in [2.05, 4.69) is 10.6 Å². The summed E-state index contributed by atoms with van der Waals surface area (Å²) < 4.78 is 19.6. The predicted octanol–water partition coefficient (Wildman–Crippen LogP) is 7.48. The van der Waals surface area contributed by atoms with Crippen molar-refractivity contribution in [2.45, 2.75) is 38.3 Å². The van der Waals surface area contributed by atoms with Crippen LogP contribution < -0.4 is 15.4 Å². The van der Waals surface area contributed by atoms with Crippen molar-refractivity contribution in [3.05, 3.63) is 124 Å². The molecule has 4 aromatic carbocycles. The third-order valence-corrected chi connectivity index (χ3v) is 7.93. The molecule has 0 spiro atoms. The third-order valence-electron chi connectivity index (χ3n) is 7.62. The van der Waals surface area contributed by atoms with Gasteiger partial charge in [0.15, 0.2) is 0 Å². The fourth-order valence-corrected chi connectivity index (χ4v) is 5.60. The first-order valence-electron chi connectivity index (χ1n) is 14.1. The number of carbonyl (C=O) groups excluding carboxylic acids is 2. The summed E-state index contributed by atoms with van der Waals surface area (Å²) in [6.07, 6.45) is 1.39. The quantitative estimate of drug-likeness (QED) is 0.181. The van der Waals surface area contributed by atoms with Gasteiger partial charge in [-0.15, -0.1) is 0 Å². The van der Waals surface area contributed by atoms with Gasteiger partial charge in [0.1, 0.15) is 18.2 Å². The maximum atomic E-state index is 13.8. The summed E-state index contributed by atoms with van der Waals surface area (Å²) in [7, 11) is 0. The van der Waals surface area contributed by atoms with E-state index in [1.54, 1.807) is 53.4 Å². The third kappa shape index (κ3) is 7.36. The van der Waals surface area contributed by atoms with Crippen molar-refractivity contribution in [2.24, 2.45) is 0 Å². The Kier molecular flexibility index (Phi) is 9.45. The topological polar surface area (TPSA) is 108 Å². The number of nitrogens with one attached hydrogen (secondary N) is 2. The zero-order valence-corrected chi connectivity index (χ0v) is 24.7. The highest BCUT2D eigenvalue weighted by atomic mass is 35.5. The van der Waals surface area contributed by atoms with E-state index in [1.807, 2.05) is 25.1 Å². The highest BCUT2D eigenvalue weighted by Gasteiger charge is 2.38. The summed E-state index contributed by atoms with van der Waals surface area (Å²) in [5, 5.41) is 15.0. The highest BCUT2D eigenvalue weighted by molar-refractivity contribution is 6.33.